The molecule has 7 aromatic carbocycles. The zero-order chi connectivity index (χ0) is 34.2. The Morgan fingerprint density at radius 2 is 1.20 bits per heavy atom. The molecule has 0 saturated heterocycles. The molecule has 0 N–H and O–H groups in total. The van der Waals surface area contributed by atoms with Crippen LogP contribution in [0.5, 0.6) is 11.5 Å². The average Bonchev–Trinajstić information content (AvgIpc) is 3.53. The highest BCUT2D eigenvalue weighted by molar-refractivity contribution is 6.16. The Morgan fingerprint density at radius 1 is 0.529 bits per heavy atom. The summed E-state index contributed by atoms with van der Waals surface area (Å²) >= 11 is 0. The minimum absolute atomic E-state index is 0.0114. The van der Waals surface area contributed by atoms with Crippen LogP contribution in [0.15, 0.2) is 140 Å². The monoisotopic (exact) mass is 654 g/mol. The summed E-state index contributed by atoms with van der Waals surface area (Å²) in [5.74, 6) is 2.32. The molecule has 244 valence electrons. The Balaban J connectivity index is 0.974. The van der Waals surface area contributed by atoms with Gasteiger partial charge >= 0.3 is 0 Å². The van der Waals surface area contributed by atoms with Crippen molar-refractivity contribution < 1.29 is 4.74 Å². The van der Waals surface area contributed by atoms with Crippen LogP contribution in [0.3, 0.4) is 0 Å². The molecule has 11 rings (SSSR count). The number of para-hydroxylation sites is 1. The molecule has 0 fully saturated rings. The van der Waals surface area contributed by atoms with E-state index >= 15 is 0 Å². The van der Waals surface area contributed by atoms with Crippen LogP contribution in [0.1, 0.15) is 61.9 Å². The Kier molecular flexibility index (Phi) is 5.70. The largest absolute Gasteiger partial charge is 0.455 e. The van der Waals surface area contributed by atoms with Crippen molar-refractivity contribution in [2.75, 3.05) is 0 Å². The molecule has 4 aliphatic rings. The fraction of sp³-hybridized carbons (Fsp3) is 0.160. The second-order valence-electron chi connectivity index (χ2n) is 16.1. The Bertz CT molecular complexity index is 2750. The maximum atomic E-state index is 6.94. The lowest BCUT2D eigenvalue weighted by Gasteiger charge is -2.32. The lowest BCUT2D eigenvalue weighted by Crippen LogP contribution is -2.25. The number of hydrogen-bond acceptors (Lipinski definition) is 1. The molecule has 3 aliphatic carbocycles. The molecule has 0 aromatic heterocycles. The van der Waals surface area contributed by atoms with E-state index in [-0.39, 0.29) is 10.8 Å². The maximum Gasteiger partial charge on any atom is 0.142 e. The summed E-state index contributed by atoms with van der Waals surface area (Å²) < 4.78 is 6.94. The molecule has 0 saturated carbocycles. The van der Waals surface area contributed by atoms with Crippen LogP contribution >= 0.6 is 0 Å². The molecule has 0 radical (unpaired) electrons. The van der Waals surface area contributed by atoms with Crippen LogP contribution in [-0.2, 0) is 10.8 Å². The van der Waals surface area contributed by atoms with E-state index < -0.39 is 0 Å². The SMILES string of the molecule is CC1(C)c2ccccc2-c2ccc(-c3ccc4c(c3)C(C)(C)C3CC(c5cccc6c5Oc5cc7ccccc7c7cccc-6c57)=CC=C43)cc21. The molecular formula is C50H38O. The van der Waals surface area contributed by atoms with E-state index in [2.05, 4.69) is 167 Å². The normalized spacial score (nSPS) is 18.2. The summed E-state index contributed by atoms with van der Waals surface area (Å²) in [6.07, 6.45) is 5.74. The van der Waals surface area contributed by atoms with Crippen molar-refractivity contribution in [3.63, 3.8) is 0 Å². The second-order valence-corrected chi connectivity index (χ2v) is 16.1. The van der Waals surface area contributed by atoms with Crippen molar-refractivity contribution in [1.82, 2.24) is 0 Å². The van der Waals surface area contributed by atoms with Crippen LogP contribution < -0.4 is 4.74 Å². The summed E-state index contributed by atoms with van der Waals surface area (Å²) in [6.45, 7) is 9.63. The maximum absolute atomic E-state index is 6.94. The standard InChI is InChI=1S/C50H38O/c1-49(2)42-18-8-7-13-35(42)36-22-19-29(25-43(36)49)30-20-23-37-38-24-21-32(27-45(38)50(3,4)44(37)26-30)34-14-9-17-41-40-16-10-15-39-33-12-6-5-11-31(33)28-46(47(39)40)51-48(34)41/h5-26,28,45H,27H2,1-4H3. The van der Waals surface area contributed by atoms with Crippen LogP contribution in [-0.4, -0.2) is 0 Å². The number of benzene rings is 7. The highest BCUT2D eigenvalue weighted by atomic mass is 16.5. The third-order valence-corrected chi connectivity index (χ3v) is 12.8. The van der Waals surface area contributed by atoms with Crippen LogP contribution in [0, 0.1) is 5.92 Å². The molecule has 0 spiro atoms. The van der Waals surface area contributed by atoms with Crippen molar-refractivity contribution in [2.24, 2.45) is 5.92 Å². The Labute approximate surface area is 299 Å². The zero-order valence-electron chi connectivity index (χ0n) is 29.5. The Morgan fingerprint density at radius 3 is 2.08 bits per heavy atom. The predicted molar refractivity (Wildman–Crippen MR) is 213 cm³/mol. The van der Waals surface area contributed by atoms with Gasteiger partial charge in [0.25, 0.3) is 0 Å². The smallest absolute Gasteiger partial charge is 0.142 e. The van der Waals surface area contributed by atoms with Gasteiger partial charge in [-0.25, -0.2) is 0 Å². The minimum atomic E-state index is -0.0181. The van der Waals surface area contributed by atoms with Gasteiger partial charge in [-0.15, -0.1) is 0 Å². The van der Waals surface area contributed by atoms with E-state index in [9.17, 15) is 0 Å². The summed E-state index contributed by atoms with van der Waals surface area (Å²) in [5.41, 5.74) is 17.5. The van der Waals surface area contributed by atoms with E-state index in [1.165, 1.54) is 93.9 Å². The van der Waals surface area contributed by atoms with Gasteiger partial charge in [0, 0.05) is 21.9 Å². The van der Waals surface area contributed by atoms with E-state index in [0.717, 1.165) is 17.9 Å². The first-order valence-corrected chi connectivity index (χ1v) is 18.4. The molecule has 0 amide bonds. The molecule has 1 aliphatic heterocycles. The fourth-order valence-corrected chi connectivity index (χ4v) is 10.1. The van der Waals surface area contributed by atoms with Gasteiger partial charge in [-0.2, -0.15) is 0 Å². The zero-order valence-corrected chi connectivity index (χ0v) is 29.5. The van der Waals surface area contributed by atoms with Crippen molar-refractivity contribution in [2.45, 2.75) is 44.9 Å². The molecule has 1 atom stereocenters. The lowest BCUT2D eigenvalue weighted by molar-refractivity contribution is 0.418. The number of ether oxygens (including phenoxy) is 1. The number of fused-ring (bicyclic) bond motifs is 10. The summed E-state index contributed by atoms with van der Waals surface area (Å²) in [4.78, 5) is 0. The topological polar surface area (TPSA) is 9.23 Å². The molecule has 51 heavy (non-hydrogen) atoms. The van der Waals surface area contributed by atoms with Gasteiger partial charge < -0.3 is 4.74 Å². The van der Waals surface area contributed by atoms with Crippen molar-refractivity contribution >= 4 is 32.7 Å². The van der Waals surface area contributed by atoms with Gasteiger partial charge in [0.2, 0.25) is 0 Å². The molecule has 1 unspecified atom stereocenters. The van der Waals surface area contributed by atoms with Crippen LogP contribution in [0.2, 0.25) is 0 Å². The third kappa shape index (κ3) is 3.87. The molecule has 0 bridgehead atoms. The first kappa shape index (κ1) is 29.1. The predicted octanol–water partition coefficient (Wildman–Crippen LogP) is 13.5. The fourth-order valence-electron chi connectivity index (χ4n) is 10.1. The van der Waals surface area contributed by atoms with Crippen LogP contribution in [0.4, 0.5) is 0 Å². The number of hydrogen-bond donors (Lipinski definition) is 0. The van der Waals surface area contributed by atoms with Gasteiger partial charge in [0.1, 0.15) is 11.5 Å². The van der Waals surface area contributed by atoms with Gasteiger partial charge in [-0.05, 0) is 113 Å². The third-order valence-electron chi connectivity index (χ3n) is 12.8. The van der Waals surface area contributed by atoms with E-state index in [1.807, 2.05) is 0 Å². The van der Waals surface area contributed by atoms with Gasteiger partial charge in [-0.3, -0.25) is 0 Å². The van der Waals surface area contributed by atoms with E-state index in [1.54, 1.807) is 0 Å². The highest BCUT2D eigenvalue weighted by Crippen LogP contribution is 2.58. The van der Waals surface area contributed by atoms with Crippen LogP contribution in [0.25, 0.3) is 66.1 Å². The van der Waals surface area contributed by atoms with E-state index in [0.29, 0.717) is 5.92 Å². The molecule has 1 nitrogen and oxygen atoms in total. The first-order chi connectivity index (χ1) is 24.8. The summed E-state index contributed by atoms with van der Waals surface area (Å²) in [7, 11) is 0. The Hall–Kier alpha value is -5.66. The summed E-state index contributed by atoms with van der Waals surface area (Å²) in [5, 5.41) is 4.94. The van der Waals surface area contributed by atoms with Crippen molar-refractivity contribution in [1.29, 1.82) is 0 Å². The molecule has 1 heteroatoms. The molecule has 7 aromatic rings. The molecule has 1 heterocycles. The minimum Gasteiger partial charge on any atom is -0.455 e. The number of allylic oxidation sites excluding steroid dienone is 4. The highest BCUT2D eigenvalue weighted by Gasteiger charge is 2.44. The van der Waals surface area contributed by atoms with E-state index in [4.69, 9.17) is 4.74 Å². The molecular weight excluding hydrogens is 617 g/mol. The van der Waals surface area contributed by atoms with Gasteiger partial charge in [-0.1, -0.05) is 149 Å². The number of rotatable bonds is 2. The van der Waals surface area contributed by atoms with Gasteiger partial charge in [0.05, 0.1) is 0 Å². The van der Waals surface area contributed by atoms with Crippen molar-refractivity contribution in [3.8, 4) is 44.9 Å². The summed E-state index contributed by atoms with van der Waals surface area (Å²) in [6, 6.07) is 47.5. The van der Waals surface area contributed by atoms with Crippen molar-refractivity contribution in [3.05, 3.63) is 167 Å². The quantitative estimate of drug-likeness (QED) is 0.169. The average molecular weight is 655 g/mol. The second kappa shape index (κ2) is 9.98. The first-order valence-electron chi connectivity index (χ1n) is 18.4. The van der Waals surface area contributed by atoms with Gasteiger partial charge in [0.15, 0.2) is 0 Å². The lowest BCUT2D eigenvalue weighted by atomic mass is 9.71.